The molecule has 204 valence electrons. The van der Waals surface area contributed by atoms with Gasteiger partial charge in [-0.1, -0.05) is 41.5 Å². The van der Waals surface area contributed by atoms with E-state index < -0.39 is 54.2 Å². The molecule has 2 aromatic rings. The number of aryl methyl sites for hydroxylation is 1. The summed E-state index contributed by atoms with van der Waals surface area (Å²) < 4.78 is 52.4. The number of phosphoric ester groups is 1. The number of aliphatic hydroxyl groups excluding tert-OH is 1. The summed E-state index contributed by atoms with van der Waals surface area (Å²) in [5, 5.41) is 10.5. The van der Waals surface area contributed by atoms with Gasteiger partial charge in [-0.25, -0.2) is 13.8 Å². The van der Waals surface area contributed by atoms with Gasteiger partial charge in [-0.2, -0.15) is 0 Å². The van der Waals surface area contributed by atoms with Crippen LogP contribution in [0.2, 0.25) is 0 Å². The maximum absolute atomic E-state index is 15.4. The Bertz CT molecular complexity index is 1370. The van der Waals surface area contributed by atoms with Crippen molar-refractivity contribution in [2.45, 2.75) is 90.8 Å². The van der Waals surface area contributed by atoms with Gasteiger partial charge < -0.3 is 14.4 Å². The number of halogens is 1. The number of fused-ring (bicyclic) bond motifs is 1. The molecular weight excluding hydrogens is 506 g/mol. The van der Waals surface area contributed by atoms with Gasteiger partial charge in [0.05, 0.1) is 24.9 Å². The number of aliphatic hydroxyl groups is 1. The Kier molecular flexibility index (Phi) is 7.09. The predicted octanol–water partition coefficient (Wildman–Crippen LogP) is 3.96. The normalized spacial score (nSPS) is 26.1. The number of nitrogens with one attached hydrogen (secondary N) is 1. The summed E-state index contributed by atoms with van der Waals surface area (Å²) in [4.78, 5) is 26.0. The first-order chi connectivity index (χ1) is 17.0. The standard InChI is InChI=1S/C25H34FN2O8P/c1-13-10-28(23(31)27-22(13)30)19-9-17(29)18(35-19)12-34-37(32)33-11-14-20(26)15(24(2,3)4)8-16(21(14)36-37)25(5,6)7/h8,10,17-19,29H,9,11-12H2,1-7H3,(H,27,30,31)/t17-,18+,19+,37?/m0/s1. The second-order valence-electron chi connectivity index (χ2n) is 11.6. The van der Waals surface area contributed by atoms with Crippen molar-refractivity contribution in [3.63, 3.8) is 0 Å². The third kappa shape index (κ3) is 5.47. The van der Waals surface area contributed by atoms with Crippen molar-refractivity contribution < 1.29 is 32.4 Å². The smallest absolute Gasteiger partial charge is 0.403 e. The lowest BCUT2D eigenvalue weighted by atomic mass is 9.78. The highest BCUT2D eigenvalue weighted by Crippen LogP contribution is 2.58. The zero-order valence-electron chi connectivity index (χ0n) is 22.1. The summed E-state index contributed by atoms with van der Waals surface area (Å²) in [5.41, 5.74) is -0.462. The Morgan fingerprint density at radius 2 is 1.84 bits per heavy atom. The molecule has 37 heavy (non-hydrogen) atoms. The average Bonchev–Trinajstić information content (AvgIpc) is 3.13. The number of H-pyrrole nitrogens is 1. The van der Waals surface area contributed by atoms with Gasteiger partial charge in [-0.3, -0.25) is 23.4 Å². The predicted molar refractivity (Wildman–Crippen MR) is 133 cm³/mol. The van der Waals surface area contributed by atoms with E-state index >= 15 is 4.39 Å². The van der Waals surface area contributed by atoms with Gasteiger partial charge in [0.1, 0.15) is 23.9 Å². The number of hydrogen-bond acceptors (Lipinski definition) is 8. The first-order valence-corrected chi connectivity index (χ1v) is 13.6. The van der Waals surface area contributed by atoms with E-state index in [9.17, 15) is 19.3 Å². The van der Waals surface area contributed by atoms with Crippen molar-refractivity contribution in [2.75, 3.05) is 6.61 Å². The minimum absolute atomic E-state index is 0.0449. The highest BCUT2D eigenvalue weighted by atomic mass is 31.2. The topological polar surface area (TPSA) is 129 Å². The number of aromatic nitrogens is 2. The van der Waals surface area contributed by atoms with Crippen LogP contribution in [-0.4, -0.2) is 33.5 Å². The van der Waals surface area contributed by atoms with Crippen molar-refractivity contribution in [3.8, 4) is 5.75 Å². The number of nitrogens with zero attached hydrogens (tertiary/aromatic N) is 1. The summed E-state index contributed by atoms with van der Waals surface area (Å²) >= 11 is 0. The maximum atomic E-state index is 15.4. The molecule has 10 nitrogen and oxygen atoms in total. The number of aromatic amines is 1. The molecule has 0 spiro atoms. The lowest BCUT2D eigenvalue weighted by Gasteiger charge is -2.33. The van der Waals surface area contributed by atoms with Crippen LogP contribution in [0.15, 0.2) is 21.9 Å². The number of hydrogen-bond donors (Lipinski definition) is 2. The number of benzene rings is 1. The van der Waals surface area contributed by atoms with Gasteiger partial charge in [0.25, 0.3) is 5.56 Å². The van der Waals surface area contributed by atoms with Crippen LogP contribution in [0.5, 0.6) is 5.75 Å². The summed E-state index contributed by atoms with van der Waals surface area (Å²) in [6, 6.07) is 1.74. The molecule has 1 unspecified atom stereocenters. The van der Waals surface area contributed by atoms with Crippen molar-refractivity contribution in [3.05, 3.63) is 61.2 Å². The molecule has 0 radical (unpaired) electrons. The van der Waals surface area contributed by atoms with E-state index in [4.69, 9.17) is 18.3 Å². The molecule has 0 bridgehead atoms. The maximum Gasteiger partial charge on any atom is 0.530 e. The van der Waals surface area contributed by atoms with E-state index in [1.165, 1.54) is 10.8 Å². The number of phosphoric acid groups is 1. The second-order valence-corrected chi connectivity index (χ2v) is 13.2. The van der Waals surface area contributed by atoms with Crippen LogP contribution in [0, 0.1) is 12.7 Å². The Labute approximate surface area is 214 Å². The number of rotatable bonds is 4. The largest absolute Gasteiger partial charge is 0.530 e. The summed E-state index contributed by atoms with van der Waals surface area (Å²) in [7, 11) is -4.19. The molecule has 4 atom stereocenters. The highest BCUT2D eigenvalue weighted by Gasteiger charge is 2.43. The molecule has 1 aromatic heterocycles. The van der Waals surface area contributed by atoms with Crippen molar-refractivity contribution in [1.29, 1.82) is 0 Å². The molecule has 0 aliphatic carbocycles. The van der Waals surface area contributed by atoms with Gasteiger partial charge in [-0.05, 0) is 29.4 Å². The summed E-state index contributed by atoms with van der Waals surface area (Å²) in [6.07, 6.45) is -1.47. The molecule has 1 fully saturated rings. The van der Waals surface area contributed by atoms with Gasteiger partial charge in [0.15, 0.2) is 0 Å². The minimum atomic E-state index is -4.19. The van der Waals surface area contributed by atoms with Crippen LogP contribution in [0.4, 0.5) is 4.39 Å². The van der Waals surface area contributed by atoms with E-state index in [0.717, 1.165) is 0 Å². The fraction of sp³-hybridized carbons (Fsp3) is 0.600. The average molecular weight is 541 g/mol. The lowest BCUT2D eigenvalue weighted by Crippen LogP contribution is -2.33. The molecular formula is C25H34FN2O8P. The lowest BCUT2D eigenvalue weighted by molar-refractivity contribution is -0.0470. The zero-order chi connectivity index (χ0) is 27.5. The summed E-state index contributed by atoms with van der Waals surface area (Å²) in [5.74, 6) is -0.339. The molecule has 2 aliphatic rings. The fourth-order valence-electron chi connectivity index (χ4n) is 4.38. The van der Waals surface area contributed by atoms with E-state index in [0.29, 0.717) is 16.7 Å². The van der Waals surface area contributed by atoms with Gasteiger partial charge >= 0.3 is 13.5 Å². The van der Waals surface area contributed by atoms with Crippen molar-refractivity contribution in [2.24, 2.45) is 0 Å². The monoisotopic (exact) mass is 540 g/mol. The number of ether oxygens (including phenoxy) is 1. The van der Waals surface area contributed by atoms with Gasteiger partial charge in [0, 0.05) is 23.7 Å². The van der Waals surface area contributed by atoms with Crippen LogP contribution in [0.3, 0.4) is 0 Å². The highest BCUT2D eigenvalue weighted by molar-refractivity contribution is 7.49. The summed E-state index contributed by atoms with van der Waals surface area (Å²) in [6.45, 7) is 12.4. The first kappa shape index (κ1) is 27.7. The zero-order valence-corrected chi connectivity index (χ0v) is 23.0. The van der Waals surface area contributed by atoms with Crippen LogP contribution in [0.1, 0.15) is 76.4 Å². The molecule has 3 heterocycles. The molecule has 1 saturated heterocycles. The third-order valence-corrected chi connectivity index (χ3v) is 7.87. The Morgan fingerprint density at radius 3 is 2.46 bits per heavy atom. The second kappa shape index (κ2) is 9.47. The van der Waals surface area contributed by atoms with Gasteiger partial charge in [0.2, 0.25) is 0 Å². The minimum Gasteiger partial charge on any atom is -0.403 e. The van der Waals surface area contributed by atoms with E-state index in [1.54, 1.807) is 13.0 Å². The van der Waals surface area contributed by atoms with Crippen molar-refractivity contribution in [1.82, 2.24) is 9.55 Å². The molecule has 12 heteroatoms. The fourth-order valence-corrected chi connectivity index (χ4v) is 5.61. The van der Waals surface area contributed by atoms with Crippen LogP contribution < -0.4 is 15.8 Å². The molecule has 1 aromatic carbocycles. The van der Waals surface area contributed by atoms with Crippen molar-refractivity contribution >= 4 is 7.82 Å². The van der Waals surface area contributed by atoms with Crippen LogP contribution in [-0.2, 0) is 35.8 Å². The molecule has 2 N–H and O–H groups in total. The quantitative estimate of drug-likeness (QED) is 0.558. The molecule has 2 aliphatic heterocycles. The molecule has 0 amide bonds. The Morgan fingerprint density at radius 1 is 1.19 bits per heavy atom. The molecule has 4 rings (SSSR count). The van der Waals surface area contributed by atoms with E-state index in [-0.39, 0.29) is 30.9 Å². The Balaban J connectivity index is 1.55. The first-order valence-electron chi connectivity index (χ1n) is 12.1. The SMILES string of the molecule is Cc1cn([C@H]2C[C@H](O)[C@@H](COP3(=O)OCc4c(F)c(C(C)(C)C)cc(C(C)(C)C)c4O3)O2)c(=O)[nH]c1=O. The van der Waals surface area contributed by atoms with Crippen LogP contribution >= 0.6 is 7.82 Å². The van der Waals surface area contributed by atoms with Crippen LogP contribution in [0.25, 0.3) is 0 Å². The third-order valence-electron chi connectivity index (χ3n) is 6.55. The van der Waals surface area contributed by atoms with E-state index in [1.807, 2.05) is 41.5 Å². The Hall–Kier alpha value is -2.30. The van der Waals surface area contributed by atoms with E-state index in [2.05, 4.69) is 4.98 Å². The molecule has 0 saturated carbocycles. The van der Waals surface area contributed by atoms with Gasteiger partial charge in [-0.15, -0.1) is 0 Å².